The Morgan fingerprint density at radius 3 is 3.07 bits per heavy atom. The predicted octanol–water partition coefficient (Wildman–Crippen LogP) is 0.641. The second-order valence-electron chi connectivity index (χ2n) is 3.28. The number of aliphatic carboxylic acids is 1. The Kier molecular flexibility index (Phi) is 2.33. The average Bonchev–Trinajstić information content (AvgIpc) is 2.16. The third-order valence-electron chi connectivity index (χ3n) is 2.26. The van der Waals surface area contributed by atoms with E-state index >= 15 is 0 Å². The van der Waals surface area contributed by atoms with Crippen molar-refractivity contribution >= 4 is 17.6 Å². The van der Waals surface area contributed by atoms with E-state index < -0.39 is 11.9 Å². The van der Waals surface area contributed by atoms with Gasteiger partial charge in [0.25, 0.3) is 0 Å². The van der Waals surface area contributed by atoms with Crippen LogP contribution in [0.2, 0.25) is 5.02 Å². The normalized spacial score (nSPS) is 19.6. The molecule has 0 amide bonds. The Morgan fingerprint density at radius 2 is 2.36 bits per heavy atom. The second-order valence-corrected chi connectivity index (χ2v) is 3.72. The van der Waals surface area contributed by atoms with E-state index in [9.17, 15) is 9.90 Å². The quantitative estimate of drug-likeness (QED) is 0.685. The largest absolute Gasteiger partial charge is 0.550 e. The summed E-state index contributed by atoms with van der Waals surface area (Å²) in [4.78, 5) is 10.6. The summed E-state index contributed by atoms with van der Waals surface area (Å²) in [5, 5.41) is 11.2. The summed E-state index contributed by atoms with van der Waals surface area (Å²) >= 11 is 5.79. The zero-order valence-corrected chi connectivity index (χ0v) is 8.08. The fourth-order valence-electron chi connectivity index (χ4n) is 1.51. The van der Waals surface area contributed by atoms with E-state index in [-0.39, 0.29) is 6.61 Å². The number of carboxylic acids is 1. The van der Waals surface area contributed by atoms with E-state index in [1.807, 2.05) is 0 Å². The van der Waals surface area contributed by atoms with Crippen LogP contribution in [0.15, 0.2) is 18.2 Å². The van der Waals surface area contributed by atoms with Gasteiger partial charge < -0.3 is 14.6 Å². The van der Waals surface area contributed by atoms with Gasteiger partial charge in [0.15, 0.2) is 0 Å². The molecule has 4 heteroatoms. The molecule has 0 bridgehead atoms. The lowest BCUT2D eigenvalue weighted by atomic mass is 9.97. The minimum atomic E-state index is -1.07. The van der Waals surface area contributed by atoms with Gasteiger partial charge in [0.05, 0.1) is 6.61 Å². The summed E-state index contributed by atoms with van der Waals surface area (Å²) in [6.07, 6.45) is 0.429. The minimum absolute atomic E-state index is 0.178. The highest BCUT2D eigenvalue weighted by molar-refractivity contribution is 6.30. The third-order valence-corrected chi connectivity index (χ3v) is 2.50. The van der Waals surface area contributed by atoms with Crippen LogP contribution in [0, 0.1) is 5.92 Å². The first-order chi connectivity index (χ1) is 6.66. The predicted molar refractivity (Wildman–Crippen MR) is 49.1 cm³/mol. The van der Waals surface area contributed by atoms with Gasteiger partial charge >= 0.3 is 0 Å². The van der Waals surface area contributed by atoms with Crippen LogP contribution in [-0.2, 0) is 11.2 Å². The number of carboxylic acid groups (broad SMARTS) is 1. The number of halogens is 1. The maximum atomic E-state index is 10.6. The van der Waals surface area contributed by atoms with Crippen LogP contribution < -0.4 is 9.84 Å². The van der Waals surface area contributed by atoms with Gasteiger partial charge in [0, 0.05) is 16.9 Å². The molecule has 0 N–H and O–H groups in total. The number of rotatable bonds is 1. The average molecular weight is 212 g/mol. The van der Waals surface area contributed by atoms with Crippen molar-refractivity contribution in [2.75, 3.05) is 6.61 Å². The number of carbonyl (C=O) groups is 1. The van der Waals surface area contributed by atoms with E-state index in [0.29, 0.717) is 17.2 Å². The zero-order valence-electron chi connectivity index (χ0n) is 7.33. The Hall–Kier alpha value is -1.22. The van der Waals surface area contributed by atoms with Crippen LogP contribution in [0.25, 0.3) is 0 Å². The zero-order chi connectivity index (χ0) is 10.1. The van der Waals surface area contributed by atoms with E-state index in [1.165, 1.54) is 0 Å². The van der Waals surface area contributed by atoms with Gasteiger partial charge in [-0.2, -0.15) is 0 Å². The molecule has 1 aromatic carbocycles. The summed E-state index contributed by atoms with van der Waals surface area (Å²) in [6.45, 7) is 0.178. The van der Waals surface area contributed by atoms with Gasteiger partial charge in [-0.05, 0) is 30.2 Å². The Balaban J connectivity index is 2.29. The lowest BCUT2D eigenvalue weighted by Gasteiger charge is -2.25. The summed E-state index contributed by atoms with van der Waals surface area (Å²) < 4.78 is 5.27. The molecule has 0 radical (unpaired) electrons. The topological polar surface area (TPSA) is 49.4 Å². The summed E-state index contributed by atoms with van der Waals surface area (Å²) in [5.74, 6) is -0.927. The first-order valence-corrected chi connectivity index (χ1v) is 4.66. The van der Waals surface area contributed by atoms with Gasteiger partial charge in [0.1, 0.15) is 5.75 Å². The molecule has 14 heavy (non-hydrogen) atoms. The van der Waals surface area contributed by atoms with E-state index in [0.717, 1.165) is 5.56 Å². The van der Waals surface area contributed by atoms with Crippen LogP contribution in [0.5, 0.6) is 5.75 Å². The van der Waals surface area contributed by atoms with Crippen molar-refractivity contribution in [3.63, 3.8) is 0 Å². The molecule has 74 valence electrons. The summed E-state index contributed by atoms with van der Waals surface area (Å²) in [6, 6.07) is 5.20. The molecular formula is C10H8ClO3-. The number of ether oxygens (including phenoxy) is 1. The van der Waals surface area contributed by atoms with Crippen molar-refractivity contribution in [3.8, 4) is 5.75 Å². The fourth-order valence-corrected chi connectivity index (χ4v) is 1.71. The van der Waals surface area contributed by atoms with Crippen molar-refractivity contribution in [2.45, 2.75) is 6.42 Å². The summed E-state index contributed by atoms with van der Waals surface area (Å²) in [5.41, 5.74) is 0.831. The highest BCUT2D eigenvalue weighted by Gasteiger charge is 2.20. The highest BCUT2D eigenvalue weighted by atomic mass is 35.5. The SMILES string of the molecule is O=C([O-])[C@H]1COc2ccc(Cl)cc2C1. The van der Waals surface area contributed by atoms with Crippen molar-refractivity contribution in [1.82, 2.24) is 0 Å². The third kappa shape index (κ3) is 1.68. The van der Waals surface area contributed by atoms with E-state index in [2.05, 4.69) is 0 Å². The van der Waals surface area contributed by atoms with Crippen molar-refractivity contribution in [1.29, 1.82) is 0 Å². The van der Waals surface area contributed by atoms with Crippen molar-refractivity contribution in [3.05, 3.63) is 28.8 Å². The van der Waals surface area contributed by atoms with Crippen LogP contribution in [-0.4, -0.2) is 12.6 Å². The lowest BCUT2D eigenvalue weighted by Crippen LogP contribution is -2.38. The molecule has 1 heterocycles. The van der Waals surface area contributed by atoms with Crippen LogP contribution in [0.4, 0.5) is 0 Å². The molecule has 0 aromatic heterocycles. The number of hydrogen-bond donors (Lipinski definition) is 0. The van der Waals surface area contributed by atoms with Crippen LogP contribution >= 0.6 is 11.6 Å². The maximum absolute atomic E-state index is 10.6. The monoisotopic (exact) mass is 211 g/mol. The van der Waals surface area contributed by atoms with E-state index in [4.69, 9.17) is 16.3 Å². The van der Waals surface area contributed by atoms with Gasteiger partial charge in [-0.1, -0.05) is 11.6 Å². The molecule has 0 saturated heterocycles. The lowest BCUT2D eigenvalue weighted by molar-refractivity contribution is -0.312. The van der Waals surface area contributed by atoms with Gasteiger partial charge in [-0.25, -0.2) is 0 Å². The van der Waals surface area contributed by atoms with Crippen molar-refractivity contribution in [2.24, 2.45) is 5.92 Å². The van der Waals surface area contributed by atoms with Gasteiger partial charge in [-0.15, -0.1) is 0 Å². The van der Waals surface area contributed by atoms with Crippen molar-refractivity contribution < 1.29 is 14.6 Å². The molecule has 0 spiro atoms. The first-order valence-electron chi connectivity index (χ1n) is 4.29. The molecule has 1 aliphatic heterocycles. The molecular weight excluding hydrogens is 204 g/mol. The molecule has 1 atom stereocenters. The Bertz CT molecular complexity index is 376. The molecule has 0 fully saturated rings. The second kappa shape index (κ2) is 3.50. The number of benzene rings is 1. The standard InChI is InChI=1S/C10H9ClO3/c11-8-1-2-9-6(4-8)3-7(5-14-9)10(12)13/h1-2,4,7H,3,5H2,(H,12,13)/p-1/t7-/m1/s1. The number of hydrogen-bond acceptors (Lipinski definition) is 3. The highest BCUT2D eigenvalue weighted by Crippen LogP contribution is 2.29. The van der Waals surface area contributed by atoms with E-state index in [1.54, 1.807) is 18.2 Å². The van der Waals surface area contributed by atoms with Gasteiger partial charge in [-0.3, -0.25) is 0 Å². The smallest absolute Gasteiger partial charge is 0.122 e. The molecule has 0 aliphatic carbocycles. The molecule has 0 unspecified atom stereocenters. The van der Waals surface area contributed by atoms with Crippen LogP contribution in [0.1, 0.15) is 5.56 Å². The van der Waals surface area contributed by atoms with Crippen LogP contribution in [0.3, 0.4) is 0 Å². The Morgan fingerprint density at radius 1 is 1.57 bits per heavy atom. The molecule has 2 rings (SSSR count). The maximum Gasteiger partial charge on any atom is 0.122 e. The number of carbonyl (C=O) groups excluding carboxylic acids is 1. The molecule has 3 nitrogen and oxygen atoms in total. The fraction of sp³-hybridized carbons (Fsp3) is 0.300. The first kappa shape index (κ1) is 9.34. The summed E-state index contributed by atoms with van der Waals surface area (Å²) in [7, 11) is 0. The van der Waals surface area contributed by atoms with Gasteiger partial charge in [0.2, 0.25) is 0 Å². The molecule has 0 saturated carbocycles. The number of fused-ring (bicyclic) bond motifs is 1. The minimum Gasteiger partial charge on any atom is -0.550 e. The Labute approximate surface area is 86.3 Å². The molecule has 1 aromatic rings. The molecule has 1 aliphatic rings.